The van der Waals surface area contributed by atoms with E-state index in [9.17, 15) is 34.8 Å². The summed E-state index contributed by atoms with van der Waals surface area (Å²) in [5.74, 6) is 0. The molecule has 0 saturated heterocycles. The maximum atomic E-state index is 12.7. The van der Waals surface area contributed by atoms with Crippen LogP contribution in [0.3, 0.4) is 0 Å². The quantitative estimate of drug-likeness (QED) is 0.464. The van der Waals surface area contributed by atoms with Crippen molar-refractivity contribution in [3.8, 4) is 0 Å². The van der Waals surface area contributed by atoms with E-state index in [0.717, 1.165) is 0 Å². The summed E-state index contributed by atoms with van der Waals surface area (Å²) in [5.41, 5.74) is 0. The average Bonchev–Trinajstić information content (AvgIpc) is 2.08. The fraction of sp³-hybridized carbons (Fsp3) is 1.00. The van der Waals surface area contributed by atoms with Crippen molar-refractivity contribution in [2.75, 3.05) is 0 Å². The Morgan fingerprint density at radius 3 is 1.88 bits per heavy atom. The third-order valence-corrected chi connectivity index (χ3v) is 2.82. The molecule has 0 aromatic rings. The van der Waals surface area contributed by atoms with Gasteiger partial charge in [0.1, 0.15) is 0 Å². The van der Waals surface area contributed by atoms with Gasteiger partial charge in [0.25, 0.3) is 0 Å². The highest BCUT2D eigenvalue weighted by atomic mass is 32.2. The van der Waals surface area contributed by atoms with Crippen LogP contribution in [0.15, 0.2) is 0 Å². The van der Waals surface area contributed by atoms with Crippen LogP contribution in [0.5, 0.6) is 0 Å². The molecule has 17 heavy (non-hydrogen) atoms. The van der Waals surface area contributed by atoms with Crippen LogP contribution < -0.4 is 0 Å². The molecule has 0 aliphatic carbocycles. The van der Waals surface area contributed by atoms with Gasteiger partial charge in [-0.2, -0.15) is 30.4 Å². The molecule has 0 aliphatic heterocycles. The van der Waals surface area contributed by atoms with E-state index in [4.69, 9.17) is 4.55 Å². The van der Waals surface area contributed by atoms with Crippen LogP contribution >= 0.6 is 0 Å². The molecule has 0 fully saturated rings. The standard InChI is InChI=1S/C7H10F6O3S/c8-5(7(12,13)17(14,15)16)3-1-2-4-6(9,10)11/h5H,1-4H2,(H,14,15,16). The van der Waals surface area contributed by atoms with E-state index in [2.05, 4.69) is 0 Å². The van der Waals surface area contributed by atoms with Crippen LogP contribution in [0.25, 0.3) is 0 Å². The van der Waals surface area contributed by atoms with Crippen molar-refractivity contribution in [3.05, 3.63) is 0 Å². The van der Waals surface area contributed by atoms with Gasteiger partial charge in [0.15, 0.2) is 6.17 Å². The topological polar surface area (TPSA) is 54.4 Å². The zero-order chi connectivity index (χ0) is 13.9. The number of alkyl halides is 6. The molecule has 0 aromatic carbocycles. The van der Waals surface area contributed by atoms with Gasteiger partial charge in [0.2, 0.25) is 0 Å². The molecule has 0 aromatic heterocycles. The Kier molecular flexibility index (Phi) is 5.26. The molecule has 1 N–H and O–H groups in total. The maximum absolute atomic E-state index is 12.7. The second-order valence-corrected chi connectivity index (χ2v) is 4.86. The molecule has 0 amide bonds. The van der Waals surface area contributed by atoms with Crippen LogP contribution in [0.1, 0.15) is 25.7 Å². The number of rotatable bonds is 6. The van der Waals surface area contributed by atoms with E-state index < -0.39 is 53.4 Å². The Labute approximate surface area is 93.6 Å². The molecule has 0 rings (SSSR count). The van der Waals surface area contributed by atoms with Crippen molar-refractivity contribution in [2.24, 2.45) is 0 Å². The monoisotopic (exact) mass is 288 g/mol. The van der Waals surface area contributed by atoms with Crippen molar-refractivity contribution < 1.29 is 39.3 Å². The van der Waals surface area contributed by atoms with E-state index in [1.165, 1.54) is 0 Å². The molecule has 10 heteroatoms. The fourth-order valence-electron chi connectivity index (χ4n) is 0.979. The Morgan fingerprint density at radius 1 is 1.06 bits per heavy atom. The molecule has 0 radical (unpaired) electrons. The molecule has 0 bridgehead atoms. The lowest BCUT2D eigenvalue weighted by atomic mass is 10.1. The molecule has 0 aliphatic rings. The number of halogens is 6. The molecular formula is C7H10F6O3S. The smallest absolute Gasteiger partial charge is 0.281 e. The molecule has 0 spiro atoms. The minimum absolute atomic E-state index is 0.564. The summed E-state index contributed by atoms with van der Waals surface area (Å²) in [7, 11) is -5.90. The predicted octanol–water partition coefficient (Wildman–Crippen LogP) is 2.93. The Morgan fingerprint density at radius 2 is 1.53 bits per heavy atom. The van der Waals surface area contributed by atoms with E-state index in [0.29, 0.717) is 0 Å². The van der Waals surface area contributed by atoms with Gasteiger partial charge in [-0.3, -0.25) is 4.55 Å². The first-order chi connectivity index (χ1) is 7.38. The van der Waals surface area contributed by atoms with Crippen molar-refractivity contribution in [1.82, 2.24) is 0 Å². The van der Waals surface area contributed by atoms with Gasteiger partial charge in [-0.25, -0.2) is 4.39 Å². The molecule has 3 nitrogen and oxygen atoms in total. The summed E-state index contributed by atoms with van der Waals surface area (Å²) >= 11 is 0. The number of hydrogen-bond donors (Lipinski definition) is 1. The Bertz CT molecular complexity index is 336. The van der Waals surface area contributed by atoms with Crippen LogP contribution in [0.4, 0.5) is 26.3 Å². The summed E-state index contributed by atoms with van der Waals surface area (Å²) in [6.45, 7) is 0. The summed E-state index contributed by atoms with van der Waals surface area (Å²) in [5, 5.41) is -4.99. The summed E-state index contributed by atoms with van der Waals surface area (Å²) in [4.78, 5) is 0. The average molecular weight is 288 g/mol. The lowest BCUT2D eigenvalue weighted by Gasteiger charge is -2.17. The number of hydrogen-bond acceptors (Lipinski definition) is 2. The number of unbranched alkanes of at least 4 members (excludes halogenated alkanes) is 1. The molecule has 0 heterocycles. The molecule has 104 valence electrons. The second-order valence-electron chi connectivity index (χ2n) is 3.37. The van der Waals surface area contributed by atoms with Crippen LogP contribution in [0.2, 0.25) is 0 Å². The third-order valence-electron chi connectivity index (χ3n) is 1.88. The third kappa shape index (κ3) is 5.57. The van der Waals surface area contributed by atoms with Crippen molar-refractivity contribution in [3.63, 3.8) is 0 Å². The molecular weight excluding hydrogens is 278 g/mol. The molecule has 1 atom stereocenters. The molecule has 1 unspecified atom stereocenters. The molecule has 0 saturated carbocycles. The van der Waals surface area contributed by atoms with Crippen molar-refractivity contribution in [2.45, 2.75) is 43.3 Å². The first-order valence-corrected chi connectivity index (χ1v) is 5.87. The van der Waals surface area contributed by atoms with E-state index in [1.807, 2.05) is 0 Å². The lowest BCUT2D eigenvalue weighted by Crippen LogP contribution is -2.38. The van der Waals surface area contributed by atoms with Crippen LogP contribution in [-0.4, -0.2) is 30.6 Å². The second kappa shape index (κ2) is 5.42. The largest absolute Gasteiger partial charge is 0.400 e. The van der Waals surface area contributed by atoms with E-state index in [1.54, 1.807) is 0 Å². The zero-order valence-corrected chi connectivity index (χ0v) is 9.16. The van der Waals surface area contributed by atoms with Crippen LogP contribution in [0, 0.1) is 0 Å². The summed E-state index contributed by atoms with van der Waals surface area (Å²) in [6, 6.07) is 0. The highest BCUT2D eigenvalue weighted by molar-refractivity contribution is 7.86. The zero-order valence-electron chi connectivity index (χ0n) is 8.35. The minimum atomic E-state index is -5.90. The first-order valence-electron chi connectivity index (χ1n) is 4.43. The van der Waals surface area contributed by atoms with Crippen LogP contribution in [-0.2, 0) is 10.1 Å². The SMILES string of the molecule is O=S(=O)(O)C(F)(F)C(F)CCCCC(F)(F)F. The van der Waals surface area contributed by atoms with Crippen molar-refractivity contribution in [1.29, 1.82) is 0 Å². The van der Waals surface area contributed by atoms with Gasteiger partial charge in [-0.05, 0) is 19.3 Å². The highest BCUT2D eigenvalue weighted by Crippen LogP contribution is 2.31. The Balaban J connectivity index is 4.16. The minimum Gasteiger partial charge on any atom is -0.281 e. The van der Waals surface area contributed by atoms with Gasteiger partial charge in [0, 0.05) is 6.42 Å². The Hall–Kier alpha value is -0.510. The van der Waals surface area contributed by atoms with Gasteiger partial charge in [-0.1, -0.05) is 0 Å². The van der Waals surface area contributed by atoms with Gasteiger partial charge >= 0.3 is 21.5 Å². The van der Waals surface area contributed by atoms with Gasteiger partial charge in [0.05, 0.1) is 0 Å². The lowest BCUT2D eigenvalue weighted by molar-refractivity contribution is -0.136. The normalized spacial score (nSPS) is 15.9. The van der Waals surface area contributed by atoms with E-state index in [-0.39, 0.29) is 0 Å². The van der Waals surface area contributed by atoms with Crippen molar-refractivity contribution >= 4 is 10.1 Å². The maximum Gasteiger partial charge on any atom is 0.400 e. The summed E-state index contributed by atoms with van der Waals surface area (Å²) < 4.78 is 101. The van der Waals surface area contributed by atoms with Gasteiger partial charge < -0.3 is 0 Å². The predicted molar refractivity (Wildman–Crippen MR) is 45.9 cm³/mol. The van der Waals surface area contributed by atoms with Gasteiger partial charge in [-0.15, -0.1) is 0 Å². The summed E-state index contributed by atoms with van der Waals surface area (Å²) in [6.07, 6.45) is -11.2. The first kappa shape index (κ1) is 16.5. The van der Waals surface area contributed by atoms with E-state index >= 15 is 0 Å². The fourth-order valence-corrected chi connectivity index (χ4v) is 1.42. The highest BCUT2D eigenvalue weighted by Gasteiger charge is 2.52.